The maximum atomic E-state index is 4.77. The van der Waals surface area contributed by atoms with Gasteiger partial charge < -0.3 is 0 Å². The first-order valence-corrected chi connectivity index (χ1v) is 15.4. The molecule has 176 valence electrons. The van der Waals surface area contributed by atoms with Gasteiger partial charge in [0.05, 0.1) is 11.7 Å². The van der Waals surface area contributed by atoms with Crippen molar-refractivity contribution in [3.8, 4) is 40.4 Å². The molecule has 0 saturated carbocycles. The highest BCUT2D eigenvalue weighted by Gasteiger charge is 2.20. The van der Waals surface area contributed by atoms with Crippen LogP contribution in [0.3, 0.4) is 0 Å². The molecular weight excluding hydrogens is 525 g/mol. The van der Waals surface area contributed by atoms with Gasteiger partial charge in [0.2, 0.25) is 0 Å². The second-order valence-electron chi connectivity index (χ2n) is 9.11. The summed E-state index contributed by atoms with van der Waals surface area (Å²) in [5.74, 6) is 0. The summed E-state index contributed by atoms with van der Waals surface area (Å²) in [5.41, 5.74) is 9.76. The summed E-state index contributed by atoms with van der Waals surface area (Å²) in [4.78, 5) is 10.8. The maximum Gasteiger partial charge on any atom is 0.114 e. The van der Waals surface area contributed by atoms with Crippen molar-refractivity contribution in [1.82, 2.24) is 8.75 Å². The lowest BCUT2D eigenvalue weighted by molar-refractivity contribution is 1.49. The van der Waals surface area contributed by atoms with E-state index in [0.29, 0.717) is 0 Å². The van der Waals surface area contributed by atoms with E-state index in [1.54, 1.807) is 0 Å². The fourth-order valence-corrected chi connectivity index (χ4v) is 10.2. The fraction of sp³-hybridized carbons (Fsp3) is 0.214. The maximum absolute atomic E-state index is 4.77. The molecule has 2 nitrogen and oxygen atoms in total. The average Bonchev–Trinajstić information content (AvgIpc) is 3.61. The van der Waals surface area contributed by atoms with Crippen LogP contribution in [0.15, 0.2) is 36.4 Å². The molecule has 1 aromatic carbocycles. The van der Waals surface area contributed by atoms with Crippen molar-refractivity contribution < 1.29 is 0 Å². The standard InChI is InChI=1S/C28H24N2S5/c1-13-9-17(5)31-25(13)27-15(3)11-21(33-27)19-7-8-20(24-23(19)29-35-30-24)22-12-16(4)28(34-22)26-14(2)10-18(6)32-26/h7-12H,1-6H3. The molecule has 7 heteroatoms. The van der Waals surface area contributed by atoms with E-state index in [0.717, 1.165) is 11.0 Å². The third-order valence-corrected chi connectivity index (χ3v) is 12.0. The predicted molar refractivity (Wildman–Crippen MR) is 159 cm³/mol. The van der Waals surface area contributed by atoms with E-state index in [2.05, 4.69) is 77.9 Å². The number of rotatable bonds is 4. The van der Waals surface area contributed by atoms with Crippen molar-refractivity contribution >= 4 is 68.1 Å². The number of aromatic nitrogens is 2. The third-order valence-electron chi connectivity index (χ3n) is 6.28. The van der Waals surface area contributed by atoms with E-state index in [-0.39, 0.29) is 0 Å². The van der Waals surface area contributed by atoms with Crippen molar-refractivity contribution in [2.45, 2.75) is 41.5 Å². The Morgan fingerprint density at radius 3 is 1.23 bits per heavy atom. The van der Waals surface area contributed by atoms with Crippen LogP contribution in [0.4, 0.5) is 0 Å². The van der Waals surface area contributed by atoms with Crippen molar-refractivity contribution in [2.24, 2.45) is 0 Å². The van der Waals surface area contributed by atoms with E-state index in [4.69, 9.17) is 8.75 Å². The molecule has 0 spiro atoms. The molecule has 35 heavy (non-hydrogen) atoms. The fourth-order valence-electron chi connectivity index (χ4n) is 4.68. The Labute approximate surface area is 225 Å². The van der Waals surface area contributed by atoms with E-state index in [1.165, 1.54) is 84.1 Å². The SMILES string of the molecule is Cc1cc(C)c(-c2sc(-c3ccc(-c4cc(C)c(-c5sc(C)cc5C)s4)c4nsnc34)cc2C)s1. The molecule has 0 aliphatic carbocycles. The number of nitrogens with zero attached hydrogens (tertiary/aromatic N) is 2. The molecule has 5 aromatic heterocycles. The molecule has 0 atom stereocenters. The predicted octanol–water partition coefficient (Wildman–Crippen LogP) is 10.5. The molecule has 0 fully saturated rings. The van der Waals surface area contributed by atoms with E-state index >= 15 is 0 Å². The highest BCUT2D eigenvalue weighted by Crippen LogP contribution is 2.47. The number of aryl methyl sites for hydroxylation is 6. The summed E-state index contributed by atoms with van der Waals surface area (Å²) < 4.78 is 9.53. The van der Waals surface area contributed by atoms with Gasteiger partial charge in [0, 0.05) is 50.1 Å². The van der Waals surface area contributed by atoms with Gasteiger partial charge in [0.25, 0.3) is 0 Å². The quantitative estimate of drug-likeness (QED) is 0.219. The first-order valence-electron chi connectivity index (χ1n) is 11.4. The van der Waals surface area contributed by atoms with Crippen LogP contribution in [0.25, 0.3) is 51.4 Å². The van der Waals surface area contributed by atoms with Gasteiger partial charge in [-0.3, -0.25) is 0 Å². The van der Waals surface area contributed by atoms with Crippen molar-refractivity contribution in [3.63, 3.8) is 0 Å². The van der Waals surface area contributed by atoms with E-state index in [9.17, 15) is 0 Å². The smallest absolute Gasteiger partial charge is 0.114 e. The summed E-state index contributed by atoms with van der Waals surface area (Å²) in [6.07, 6.45) is 0. The van der Waals surface area contributed by atoms with Crippen LogP contribution in [-0.2, 0) is 0 Å². The lowest BCUT2D eigenvalue weighted by atomic mass is 10.0. The first kappa shape index (κ1) is 23.3. The largest absolute Gasteiger partial charge is 0.172 e. The third kappa shape index (κ3) is 3.94. The highest BCUT2D eigenvalue weighted by molar-refractivity contribution is 7.25. The minimum atomic E-state index is 1.01. The molecule has 5 heterocycles. The molecule has 0 saturated heterocycles. The topological polar surface area (TPSA) is 25.8 Å². The molecule has 0 bridgehead atoms. The Balaban J connectivity index is 1.45. The minimum Gasteiger partial charge on any atom is -0.172 e. The molecule has 0 amide bonds. The molecule has 0 radical (unpaired) electrons. The van der Waals surface area contributed by atoms with E-state index in [1.807, 2.05) is 45.3 Å². The first-order chi connectivity index (χ1) is 16.8. The number of fused-ring (bicyclic) bond motifs is 1. The Morgan fingerprint density at radius 2 is 0.857 bits per heavy atom. The molecule has 0 aliphatic rings. The molecular formula is C28H24N2S5. The van der Waals surface area contributed by atoms with Gasteiger partial charge in [-0.25, -0.2) is 0 Å². The summed E-state index contributed by atoms with van der Waals surface area (Å²) >= 11 is 8.83. The second kappa shape index (κ2) is 8.75. The van der Waals surface area contributed by atoms with Crippen LogP contribution in [0.5, 0.6) is 0 Å². The molecule has 6 rings (SSSR count). The lowest BCUT2D eigenvalue weighted by Gasteiger charge is -2.03. The minimum absolute atomic E-state index is 1.01. The van der Waals surface area contributed by atoms with Crippen LogP contribution >= 0.6 is 57.1 Å². The van der Waals surface area contributed by atoms with Crippen LogP contribution < -0.4 is 0 Å². The van der Waals surface area contributed by atoms with Gasteiger partial charge >= 0.3 is 0 Å². The van der Waals surface area contributed by atoms with Gasteiger partial charge in [-0.15, -0.1) is 45.3 Å². The van der Waals surface area contributed by atoms with E-state index < -0.39 is 0 Å². The molecule has 0 aliphatic heterocycles. The summed E-state index contributed by atoms with van der Waals surface area (Å²) in [6.45, 7) is 13.2. The zero-order valence-corrected chi connectivity index (χ0v) is 24.5. The number of hydrogen-bond acceptors (Lipinski definition) is 7. The van der Waals surface area contributed by atoms with Crippen LogP contribution in [0.1, 0.15) is 32.0 Å². The van der Waals surface area contributed by atoms with Crippen molar-refractivity contribution in [3.05, 3.63) is 68.4 Å². The molecule has 0 N–H and O–H groups in total. The van der Waals surface area contributed by atoms with Gasteiger partial charge in [-0.05, 0) is 88.1 Å². The summed E-state index contributed by atoms with van der Waals surface area (Å²) in [6, 6.07) is 13.7. The number of hydrogen-bond donors (Lipinski definition) is 0. The van der Waals surface area contributed by atoms with Gasteiger partial charge in [-0.1, -0.05) is 12.1 Å². The molecule has 0 unspecified atom stereocenters. The second-order valence-corrected chi connectivity index (χ2v) is 14.3. The van der Waals surface area contributed by atoms with Crippen molar-refractivity contribution in [2.75, 3.05) is 0 Å². The summed E-state index contributed by atoms with van der Waals surface area (Å²) in [5, 5.41) is 0. The van der Waals surface area contributed by atoms with Crippen LogP contribution in [0.2, 0.25) is 0 Å². The lowest BCUT2D eigenvalue weighted by Crippen LogP contribution is -1.82. The van der Waals surface area contributed by atoms with Gasteiger partial charge in [0.15, 0.2) is 0 Å². The zero-order chi connectivity index (χ0) is 24.4. The Bertz CT molecular complexity index is 1590. The number of benzene rings is 1. The zero-order valence-electron chi connectivity index (χ0n) is 20.4. The van der Waals surface area contributed by atoms with Gasteiger partial charge in [0.1, 0.15) is 11.0 Å². The number of thiophene rings is 4. The Kier molecular flexibility index (Phi) is 5.81. The Hall–Kier alpha value is -2.16. The van der Waals surface area contributed by atoms with Gasteiger partial charge in [-0.2, -0.15) is 8.75 Å². The Morgan fingerprint density at radius 1 is 0.486 bits per heavy atom. The summed E-state index contributed by atoms with van der Waals surface area (Å²) in [7, 11) is 0. The monoisotopic (exact) mass is 548 g/mol. The molecule has 6 aromatic rings. The van der Waals surface area contributed by atoms with Crippen LogP contribution in [-0.4, -0.2) is 8.75 Å². The average molecular weight is 549 g/mol. The van der Waals surface area contributed by atoms with Crippen molar-refractivity contribution in [1.29, 1.82) is 0 Å². The normalized spacial score (nSPS) is 11.7. The highest BCUT2D eigenvalue weighted by atomic mass is 32.1. The van der Waals surface area contributed by atoms with Crippen LogP contribution in [0, 0.1) is 41.5 Å².